The Balaban J connectivity index is 1.92. The molecule has 132 valence electrons. The third-order valence-electron chi connectivity index (χ3n) is 5.70. The van der Waals surface area contributed by atoms with Crippen molar-refractivity contribution in [3.63, 3.8) is 0 Å². The van der Waals surface area contributed by atoms with Crippen LogP contribution >= 0.6 is 0 Å². The first-order chi connectivity index (χ1) is 12.0. The molecule has 0 heterocycles. The van der Waals surface area contributed by atoms with Crippen molar-refractivity contribution >= 4 is 5.57 Å². The smallest absolute Gasteiger partial charge is 0.127 e. The second-order valence-electron chi connectivity index (χ2n) is 7.58. The summed E-state index contributed by atoms with van der Waals surface area (Å²) in [6, 6.07) is 12.6. The predicted octanol–water partition coefficient (Wildman–Crippen LogP) is 7.31. The van der Waals surface area contributed by atoms with E-state index in [0.717, 1.165) is 27.8 Å². The molecule has 0 radical (unpaired) electrons. The van der Waals surface area contributed by atoms with Crippen molar-refractivity contribution in [2.24, 2.45) is 0 Å². The summed E-state index contributed by atoms with van der Waals surface area (Å²) in [5.41, 5.74) is 6.54. The summed E-state index contributed by atoms with van der Waals surface area (Å²) < 4.78 is 14.5. The molecule has 1 aliphatic rings. The quantitative estimate of drug-likeness (QED) is 0.497. The number of rotatable bonds is 7. The highest BCUT2D eigenvalue weighted by atomic mass is 19.1. The van der Waals surface area contributed by atoms with Crippen LogP contribution in [0.3, 0.4) is 0 Å². The van der Waals surface area contributed by atoms with Crippen LogP contribution in [-0.4, -0.2) is 0 Å². The summed E-state index contributed by atoms with van der Waals surface area (Å²) in [6.45, 7) is 10.2. The van der Waals surface area contributed by atoms with Crippen LogP contribution < -0.4 is 0 Å². The fourth-order valence-electron chi connectivity index (χ4n) is 3.91. The highest BCUT2D eigenvalue weighted by Crippen LogP contribution is 2.52. The second-order valence-corrected chi connectivity index (χ2v) is 7.58. The first-order valence-electron chi connectivity index (χ1n) is 9.60. The number of halogens is 1. The summed E-state index contributed by atoms with van der Waals surface area (Å²) in [5.74, 6) is -0.122. The van der Waals surface area contributed by atoms with Gasteiger partial charge in [-0.25, -0.2) is 4.39 Å². The first-order valence-corrected chi connectivity index (χ1v) is 9.60. The Bertz CT molecular complexity index is 763. The molecule has 1 fully saturated rings. The molecule has 1 saturated carbocycles. The molecule has 0 aliphatic heterocycles. The Morgan fingerprint density at radius 3 is 2.28 bits per heavy atom. The number of benzene rings is 2. The van der Waals surface area contributed by atoms with E-state index in [1.165, 1.54) is 37.7 Å². The van der Waals surface area contributed by atoms with E-state index in [2.05, 4.69) is 43.8 Å². The van der Waals surface area contributed by atoms with Gasteiger partial charge in [-0.2, -0.15) is 0 Å². The van der Waals surface area contributed by atoms with Crippen molar-refractivity contribution in [2.45, 2.75) is 64.7 Å². The lowest BCUT2D eigenvalue weighted by Gasteiger charge is -2.16. The van der Waals surface area contributed by atoms with Gasteiger partial charge in [0.2, 0.25) is 0 Å². The zero-order valence-electron chi connectivity index (χ0n) is 15.8. The topological polar surface area (TPSA) is 0 Å². The van der Waals surface area contributed by atoms with E-state index in [1.807, 2.05) is 13.8 Å². The van der Waals surface area contributed by atoms with Crippen molar-refractivity contribution in [1.82, 2.24) is 0 Å². The monoisotopic (exact) mass is 336 g/mol. The van der Waals surface area contributed by atoms with Gasteiger partial charge in [-0.15, -0.1) is 0 Å². The minimum absolute atomic E-state index is 0.122. The Labute approximate surface area is 151 Å². The summed E-state index contributed by atoms with van der Waals surface area (Å²) in [4.78, 5) is 0. The molecular weight excluding hydrogens is 307 g/mol. The second kappa shape index (κ2) is 7.15. The molecular formula is C24H29F. The molecule has 2 aromatic carbocycles. The van der Waals surface area contributed by atoms with E-state index >= 15 is 0 Å². The average molecular weight is 336 g/mol. The van der Waals surface area contributed by atoms with Crippen LogP contribution in [0.4, 0.5) is 4.39 Å². The van der Waals surface area contributed by atoms with Crippen molar-refractivity contribution < 1.29 is 4.39 Å². The highest BCUT2D eigenvalue weighted by Gasteiger charge is 2.43. The molecule has 25 heavy (non-hydrogen) atoms. The van der Waals surface area contributed by atoms with E-state index < -0.39 is 0 Å². The molecule has 0 nitrogen and oxygen atoms in total. The van der Waals surface area contributed by atoms with E-state index in [-0.39, 0.29) is 5.82 Å². The molecule has 0 saturated heterocycles. The molecule has 0 atom stereocenters. The highest BCUT2D eigenvalue weighted by molar-refractivity contribution is 5.73. The van der Waals surface area contributed by atoms with Crippen LogP contribution in [-0.2, 0) is 11.8 Å². The molecule has 0 N–H and O–H groups in total. The van der Waals surface area contributed by atoms with Gasteiger partial charge in [-0.3, -0.25) is 0 Å². The molecule has 2 aromatic rings. The van der Waals surface area contributed by atoms with E-state index in [1.54, 1.807) is 6.07 Å². The lowest BCUT2D eigenvalue weighted by molar-refractivity contribution is 0.575. The van der Waals surface area contributed by atoms with Crippen LogP contribution in [0.15, 0.2) is 43.0 Å². The molecule has 0 amide bonds. The van der Waals surface area contributed by atoms with Gasteiger partial charge in [-0.05, 0) is 78.0 Å². The summed E-state index contributed by atoms with van der Waals surface area (Å²) in [6.07, 6.45) is 7.16. The van der Waals surface area contributed by atoms with Crippen molar-refractivity contribution in [1.29, 1.82) is 0 Å². The van der Waals surface area contributed by atoms with Gasteiger partial charge in [0.25, 0.3) is 0 Å². The fraction of sp³-hybridized carbons (Fsp3) is 0.417. The molecule has 1 aliphatic carbocycles. The van der Waals surface area contributed by atoms with Gasteiger partial charge in [0.1, 0.15) is 5.82 Å². The fourth-order valence-corrected chi connectivity index (χ4v) is 3.91. The average Bonchev–Trinajstić information content (AvgIpc) is 3.40. The predicted molar refractivity (Wildman–Crippen MR) is 106 cm³/mol. The van der Waals surface area contributed by atoms with Gasteiger partial charge in [0, 0.05) is 0 Å². The van der Waals surface area contributed by atoms with Gasteiger partial charge < -0.3 is 0 Å². The Morgan fingerprint density at radius 2 is 1.76 bits per heavy atom. The zero-order chi connectivity index (χ0) is 18.0. The number of hydrogen-bond donors (Lipinski definition) is 0. The maximum Gasteiger partial charge on any atom is 0.127 e. The lowest BCUT2D eigenvalue weighted by Crippen LogP contribution is -2.06. The van der Waals surface area contributed by atoms with Crippen LogP contribution in [0.5, 0.6) is 0 Å². The van der Waals surface area contributed by atoms with Gasteiger partial charge >= 0.3 is 0 Å². The largest absolute Gasteiger partial charge is 0.207 e. The molecule has 0 spiro atoms. The number of allylic oxidation sites excluding steroid dienone is 1. The third-order valence-corrected chi connectivity index (χ3v) is 5.70. The maximum atomic E-state index is 14.5. The zero-order valence-corrected chi connectivity index (χ0v) is 15.8. The number of hydrogen-bond acceptors (Lipinski definition) is 0. The van der Waals surface area contributed by atoms with Gasteiger partial charge in [0.15, 0.2) is 0 Å². The first kappa shape index (κ1) is 17.9. The summed E-state index contributed by atoms with van der Waals surface area (Å²) >= 11 is 0. The minimum atomic E-state index is -0.122. The van der Waals surface area contributed by atoms with Crippen LogP contribution in [0.2, 0.25) is 0 Å². The SMILES string of the molecule is C=C(C)c1cc(-c2ccc(C3(CCCC)CC3)cc2)cc(F)c1CC. The van der Waals surface area contributed by atoms with Gasteiger partial charge in [-0.1, -0.05) is 63.1 Å². The standard InChI is InChI=1S/C24H29F/c1-5-7-12-24(13-14-24)20-10-8-18(9-11-20)19-15-22(17(3)4)21(6-2)23(25)16-19/h8-11,15-16H,3,5-7,12-14H2,1-2,4H3. The number of unbranched alkanes of at least 4 members (excludes halogenated alkanes) is 1. The van der Waals surface area contributed by atoms with E-state index in [4.69, 9.17) is 0 Å². The summed E-state index contributed by atoms with van der Waals surface area (Å²) in [7, 11) is 0. The Hall–Kier alpha value is -1.89. The molecule has 0 unspecified atom stereocenters. The summed E-state index contributed by atoms with van der Waals surface area (Å²) in [5, 5.41) is 0. The van der Waals surface area contributed by atoms with Crippen LogP contribution in [0.25, 0.3) is 16.7 Å². The Kier molecular flexibility index (Phi) is 5.13. The lowest BCUT2D eigenvalue weighted by atomic mass is 9.88. The normalized spacial score (nSPS) is 15.2. The third kappa shape index (κ3) is 3.56. The van der Waals surface area contributed by atoms with Crippen LogP contribution in [0.1, 0.15) is 69.6 Å². The van der Waals surface area contributed by atoms with E-state index in [9.17, 15) is 4.39 Å². The van der Waals surface area contributed by atoms with Crippen molar-refractivity contribution in [3.8, 4) is 11.1 Å². The minimum Gasteiger partial charge on any atom is -0.207 e. The molecule has 0 aromatic heterocycles. The van der Waals surface area contributed by atoms with Crippen molar-refractivity contribution in [2.75, 3.05) is 0 Å². The Morgan fingerprint density at radius 1 is 1.08 bits per heavy atom. The maximum absolute atomic E-state index is 14.5. The van der Waals surface area contributed by atoms with Crippen LogP contribution in [0, 0.1) is 5.82 Å². The van der Waals surface area contributed by atoms with E-state index in [0.29, 0.717) is 11.8 Å². The molecule has 0 bridgehead atoms. The van der Waals surface area contributed by atoms with Gasteiger partial charge in [0.05, 0.1) is 0 Å². The van der Waals surface area contributed by atoms with Crippen molar-refractivity contribution in [3.05, 3.63) is 65.5 Å². The molecule has 1 heteroatoms. The molecule has 3 rings (SSSR count).